The van der Waals surface area contributed by atoms with Gasteiger partial charge in [-0.2, -0.15) is 0 Å². The Labute approximate surface area is 382 Å². The van der Waals surface area contributed by atoms with E-state index in [1.165, 1.54) is 0 Å². The highest BCUT2D eigenvalue weighted by Gasteiger charge is 2.70. The Kier molecular flexibility index (Phi) is 15.7. The number of hydrogen-bond acceptors (Lipinski definition) is 18. The maximum absolute atomic E-state index is 12.5. The lowest BCUT2D eigenvalue weighted by molar-refractivity contribution is -0.377. The van der Waals surface area contributed by atoms with Crippen LogP contribution in [0.25, 0.3) is 0 Å². The minimum absolute atomic E-state index is 0.144. The number of rotatable bonds is 13. The van der Waals surface area contributed by atoms with Gasteiger partial charge in [-0.3, -0.25) is 0 Å². The summed E-state index contributed by atoms with van der Waals surface area (Å²) in [5, 5.41) is 128. The molecule has 0 aromatic carbocycles. The largest absolute Gasteiger partial charge is 0.394 e. The summed E-state index contributed by atoms with van der Waals surface area (Å²) < 4.78 is 37.1. The summed E-state index contributed by atoms with van der Waals surface area (Å²) in [7, 11) is 0. The van der Waals surface area contributed by atoms with Crippen LogP contribution in [0.3, 0.4) is 0 Å². The molecule has 376 valence electrons. The summed E-state index contributed by atoms with van der Waals surface area (Å²) in [6, 6.07) is 0. The van der Waals surface area contributed by atoms with E-state index in [1.54, 1.807) is 0 Å². The van der Waals surface area contributed by atoms with Crippen LogP contribution >= 0.6 is 0 Å². The molecule has 3 heterocycles. The Hall–Kier alpha value is -0.980. The number of aliphatic hydroxyl groups excluding tert-OH is 12. The van der Waals surface area contributed by atoms with Crippen molar-refractivity contribution < 1.29 is 89.7 Å². The zero-order valence-electron chi connectivity index (χ0n) is 39.1. The molecule has 25 atom stereocenters. The fourth-order valence-electron chi connectivity index (χ4n) is 14.2. The van der Waals surface area contributed by atoms with Crippen molar-refractivity contribution in [2.24, 2.45) is 45.8 Å². The monoisotopic (exact) mass is 933 g/mol. The fraction of sp³-hybridized carbons (Fsp3) is 0.957. The van der Waals surface area contributed by atoms with Crippen molar-refractivity contribution in [1.29, 1.82) is 0 Å². The molecular formula is C47H80O18. The van der Waals surface area contributed by atoms with Crippen LogP contribution in [0, 0.1) is 45.8 Å². The topological polar surface area (TPSA) is 298 Å². The van der Waals surface area contributed by atoms with Gasteiger partial charge in [-0.15, -0.1) is 0 Å². The van der Waals surface area contributed by atoms with Crippen LogP contribution in [0.15, 0.2) is 11.6 Å². The number of fused-ring (bicyclic) bond motifs is 5. The van der Waals surface area contributed by atoms with Crippen LogP contribution < -0.4 is 0 Å². The number of ether oxygens (including phenoxy) is 6. The third kappa shape index (κ3) is 9.05. The molecule has 3 aliphatic heterocycles. The molecule has 7 fully saturated rings. The quantitative estimate of drug-likeness (QED) is 0.0825. The molecule has 3 saturated heterocycles. The number of allylic oxidation sites excluding steroid dienone is 2. The summed E-state index contributed by atoms with van der Waals surface area (Å²) in [6.07, 6.45) is -15.1. The van der Waals surface area contributed by atoms with Gasteiger partial charge in [-0.05, 0) is 124 Å². The van der Waals surface area contributed by atoms with Crippen LogP contribution in [0.1, 0.15) is 106 Å². The van der Waals surface area contributed by atoms with Gasteiger partial charge >= 0.3 is 0 Å². The van der Waals surface area contributed by atoms with Crippen molar-refractivity contribution in [2.45, 2.75) is 216 Å². The number of aliphatic hydroxyl groups is 12. The van der Waals surface area contributed by atoms with E-state index < -0.39 is 135 Å². The van der Waals surface area contributed by atoms with Gasteiger partial charge in [0.25, 0.3) is 0 Å². The molecule has 0 aromatic rings. The molecular weight excluding hydrogens is 852 g/mol. The molecule has 0 amide bonds. The van der Waals surface area contributed by atoms with E-state index >= 15 is 0 Å². The minimum atomic E-state index is -1.79. The molecule has 12 N–H and O–H groups in total. The molecule has 0 unspecified atom stereocenters. The van der Waals surface area contributed by atoms with Gasteiger partial charge in [-0.1, -0.05) is 39.3 Å². The maximum atomic E-state index is 12.5. The van der Waals surface area contributed by atoms with Gasteiger partial charge in [0, 0.05) is 0 Å². The Morgan fingerprint density at radius 2 is 1.15 bits per heavy atom. The van der Waals surface area contributed by atoms with Gasteiger partial charge in [0.15, 0.2) is 18.9 Å². The summed E-state index contributed by atoms with van der Waals surface area (Å²) in [5.74, 6) is 0.200. The normalized spacial score (nSPS) is 51.9. The van der Waals surface area contributed by atoms with Crippen molar-refractivity contribution in [3.63, 3.8) is 0 Å². The molecule has 4 saturated carbocycles. The Bertz CT molecular complexity index is 1630. The summed E-state index contributed by atoms with van der Waals surface area (Å²) in [4.78, 5) is 0. The van der Waals surface area contributed by atoms with E-state index in [4.69, 9.17) is 28.4 Å². The van der Waals surface area contributed by atoms with Crippen molar-refractivity contribution in [3.05, 3.63) is 11.6 Å². The van der Waals surface area contributed by atoms with Gasteiger partial charge in [0.05, 0.1) is 37.6 Å². The predicted octanol–water partition coefficient (Wildman–Crippen LogP) is -0.417. The fourth-order valence-corrected chi connectivity index (χ4v) is 14.2. The highest BCUT2D eigenvalue weighted by Crippen LogP contribution is 2.73. The predicted molar refractivity (Wildman–Crippen MR) is 229 cm³/mol. The number of hydrogen-bond donors (Lipinski definition) is 12. The lowest BCUT2D eigenvalue weighted by Gasteiger charge is -2.67. The van der Waals surface area contributed by atoms with Gasteiger partial charge in [0.2, 0.25) is 0 Å². The van der Waals surface area contributed by atoms with Crippen molar-refractivity contribution in [3.8, 4) is 0 Å². The van der Waals surface area contributed by atoms with E-state index in [2.05, 4.69) is 33.8 Å². The first-order chi connectivity index (χ1) is 30.5. The second-order valence-electron chi connectivity index (χ2n) is 22.2. The standard InChI is InChI=1S/C47H80O18/c1-21(2)9-8-14-47(7,65-42-39(59)36(56)33(53)28(19-49)61-42)24-13-16-46(6)31(24)26(51)17-25-22-10-11-30(44(3,4)23(22)12-15-45(25,46)5)63-43-40(37(57)34(54)29(20-50)62-43)64-41-38(58)35(55)32(52)27(18-48)60-41/h9,22-43,48-59H,8,10-20H2,1-7H3/t22-,23+,24+,25-,26-,27-,28-,29-,30-,31+,32-,33-,34-,35+,36+,37+,38-,39-,40-,41+,42+,43+,45-,46-,47+/m1/s1. The molecule has 18 nitrogen and oxygen atoms in total. The zero-order chi connectivity index (χ0) is 47.7. The molecule has 65 heavy (non-hydrogen) atoms. The third-order valence-corrected chi connectivity index (χ3v) is 18.2. The van der Waals surface area contributed by atoms with Crippen molar-refractivity contribution >= 4 is 0 Å². The Morgan fingerprint density at radius 3 is 1.74 bits per heavy atom. The lowest BCUT2D eigenvalue weighted by Crippen LogP contribution is -2.66. The zero-order valence-corrected chi connectivity index (χ0v) is 39.1. The molecule has 0 bridgehead atoms. The molecule has 18 heteroatoms. The van der Waals surface area contributed by atoms with E-state index in [0.29, 0.717) is 25.7 Å². The van der Waals surface area contributed by atoms with Crippen LogP contribution in [0.2, 0.25) is 0 Å². The van der Waals surface area contributed by atoms with Gasteiger partial charge < -0.3 is 89.7 Å². The summed E-state index contributed by atoms with van der Waals surface area (Å²) in [6.45, 7) is 13.2. The first-order valence-corrected chi connectivity index (χ1v) is 24.0. The summed E-state index contributed by atoms with van der Waals surface area (Å²) in [5.41, 5.74) is -0.750. The van der Waals surface area contributed by atoms with E-state index in [1.807, 2.05) is 20.8 Å². The molecule has 7 rings (SSSR count). The smallest absolute Gasteiger partial charge is 0.187 e. The molecule has 0 spiro atoms. The third-order valence-electron chi connectivity index (χ3n) is 18.2. The highest BCUT2D eigenvalue weighted by molar-refractivity contribution is 5.18. The first-order valence-electron chi connectivity index (χ1n) is 24.0. The van der Waals surface area contributed by atoms with E-state index in [0.717, 1.165) is 37.7 Å². The minimum Gasteiger partial charge on any atom is -0.394 e. The Balaban J connectivity index is 1.11. The molecule has 0 aromatic heterocycles. The second-order valence-corrected chi connectivity index (χ2v) is 22.2. The van der Waals surface area contributed by atoms with Crippen LogP contribution in [0.5, 0.6) is 0 Å². The van der Waals surface area contributed by atoms with Crippen LogP contribution in [-0.4, -0.2) is 191 Å². The Morgan fingerprint density at radius 1 is 0.615 bits per heavy atom. The lowest BCUT2D eigenvalue weighted by atomic mass is 9.39. The summed E-state index contributed by atoms with van der Waals surface area (Å²) >= 11 is 0. The maximum Gasteiger partial charge on any atom is 0.187 e. The second kappa shape index (κ2) is 19.7. The highest BCUT2D eigenvalue weighted by atomic mass is 16.8. The average molecular weight is 933 g/mol. The van der Waals surface area contributed by atoms with Crippen LogP contribution in [0.4, 0.5) is 0 Å². The molecule has 7 aliphatic rings. The van der Waals surface area contributed by atoms with E-state index in [-0.39, 0.29) is 40.4 Å². The molecule has 0 radical (unpaired) electrons. The van der Waals surface area contributed by atoms with Crippen molar-refractivity contribution in [2.75, 3.05) is 19.8 Å². The van der Waals surface area contributed by atoms with Gasteiger partial charge in [0.1, 0.15) is 73.2 Å². The van der Waals surface area contributed by atoms with E-state index in [9.17, 15) is 61.3 Å². The van der Waals surface area contributed by atoms with Crippen LogP contribution in [-0.2, 0) is 28.4 Å². The first kappa shape index (κ1) is 51.9. The molecule has 4 aliphatic carbocycles. The SMILES string of the molecule is CC(C)=CCC[C@](C)(O[C@@H]1O[C@H](CO)[C@@H](O)[C@H](O)[C@H]1O)[C@H]1CC[C@]2(C)[C@@H]1[C@H](O)C[C@@H]1[C@@H]3CC[C@@H](O[C@@H]4O[C@H](CO)[C@@H](O)[C@H](O)[C@H]4O[C@@H]4O[C@H](CO)[C@@H](O)[C@H](O)[C@H]4O)C(C)(C)[C@H]3CC[C@]12C. The van der Waals surface area contributed by atoms with Crippen molar-refractivity contribution in [1.82, 2.24) is 0 Å². The van der Waals surface area contributed by atoms with Gasteiger partial charge in [-0.25, -0.2) is 0 Å². The average Bonchev–Trinajstić information content (AvgIpc) is 3.65.